The smallest absolute Gasteiger partial charge is 0.224 e. The summed E-state index contributed by atoms with van der Waals surface area (Å²) in [4.78, 5) is 17.0. The van der Waals surface area contributed by atoms with Gasteiger partial charge in [0.2, 0.25) is 5.91 Å². The van der Waals surface area contributed by atoms with Gasteiger partial charge in [-0.3, -0.25) is 9.69 Å². The second-order valence-electron chi connectivity index (χ2n) is 6.60. The Kier molecular flexibility index (Phi) is 5.44. The average molecular weight is 281 g/mol. The number of carbonyl (C=O) groups is 1. The minimum absolute atomic E-state index is 0.220. The molecule has 1 amide bonds. The Morgan fingerprint density at radius 1 is 1.25 bits per heavy atom. The molecule has 1 atom stereocenters. The molecule has 2 fully saturated rings. The molecule has 2 aliphatic rings. The summed E-state index contributed by atoms with van der Waals surface area (Å²) in [5, 5.41) is 0. The maximum atomic E-state index is 12.5. The summed E-state index contributed by atoms with van der Waals surface area (Å²) in [6.45, 7) is 8.36. The fraction of sp³-hybridized carbons (Fsp3) is 0.938. The maximum absolute atomic E-state index is 12.5. The Hall–Kier alpha value is -0.610. The zero-order valence-corrected chi connectivity index (χ0v) is 13.2. The van der Waals surface area contributed by atoms with Crippen LogP contribution in [0.2, 0.25) is 0 Å². The molecule has 1 unspecified atom stereocenters. The fourth-order valence-electron chi connectivity index (χ4n) is 3.85. The molecule has 116 valence electrons. The Balaban J connectivity index is 1.85. The molecule has 0 aromatic carbocycles. The number of nitrogens with zero attached hydrogens (tertiary/aromatic N) is 2. The van der Waals surface area contributed by atoms with Crippen molar-refractivity contribution in [2.24, 2.45) is 5.73 Å². The van der Waals surface area contributed by atoms with Crippen LogP contribution in [0.3, 0.4) is 0 Å². The third-order valence-corrected chi connectivity index (χ3v) is 5.20. The molecule has 1 saturated heterocycles. The minimum atomic E-state index is -0.220. The number of rotatable bonds is 5. The molecule has 20 heavy (non-hydrogen) atoms. The van der Waals surface area contributed by atoms with Gasteiger partial charge < -0.3 is 10.6 Å². The highest BCUT2D eigenvalue weighted by molar-refractivity contribution is 5.77. The monoisotopic (exact) mass is 281 g/mol. The summed E-state index contributed by atoms with van der Waals surface area (Å²) in [5.41, 5.74) is 6.20. The third kappa shape index (κ3) is 3.73. The first-order valence-electron chi connectivity index (χ1n) is 8.38. The van der Waals surface area contributed by atoms with Crippen molar-refractivity contribution in [3.8, 4) is 0 Å². The lowest BCUT2D eigenvalue weighted by Crippen LogP contribution is -2.47. The van der Waals surface area contributed by atoms with E-state index in [-0.39, 0.29) is 11.4 Å². The van der Waals surface area contributed by atoms with Crippen LogP contribution >= 0.6 is 0 Å². The van der Waals surface area contributed by atoms with Crippen molar-refractivity contribution >= 4 is 5.91 Å². The quantitative estimate of drug-likeness (QED) is 0.838. The number of carbonyl (C=O) groups excluding carboxylic acids is 1. The number of nitrogens with two attached hydrogens (primary N) is 1. The Morgan fingerprint density at radius 2 is 1.90 bits per heavy atom. The molecule has 4 nitrogen and oxygen atoms in total. The highest BCUT2D eigenvalue weighted by atomic mass is 16.2. The molecule has 2 rings (SSSR count). The van der Waals surface area contributed by atoms with E-state index in [1.807, 2.05) is 4.90 Å². The van der Waals surface area contributed by atoms with E-state index < -0.39 is 0 Å². The van der Waals surface area contributed by atoms with Crippen LogP contribution in [0.4, 0.5) is 0 Å². The SMILES string of the molecule is CCN(CC)C1CCN(C(=O)CC2(N)CCCCC2)C1. The summed E-state index contributed by atoms with van der Waals surface area (Å²) in [6.07, 6.45) is 7.36. The van der Waals surface area contributed by atoms with Crippen LogP contribution in [0.5, 0.6) is 0 Å². The van der Waals surface area contributed by atoms with E-state index in [9.17, 15) is 4.79 Å². The van der Waals surface area contributed by atoms with Crippen LogP contribution < -0.4 is 5.73 Å². The molecule has 0 bridgehead atoms. The van der Waals surface area contributed by atoms with Gasteiger partial charge in [-0.2, -0.15) is 0 Å². The zero-order valence-electron chi connectivity index (χ0n) is 13.2. The first-order chi connectivity index (χ1) is 9.58. The van der Waals surface area contributed by atoms with Crippen LogP contribution in [0.15, 0.2) is 0 Å². The topological polar surface area (TPSA) is 49.6 Å². The number of hydrogen-bond donors (Lipinski definition) is 1. The molecule has 2 N–H and O–H groups in total. The minimum Gasteiger partial charge on any atom is -0.341 e. The van der Waals surface area contributed by atoms with Crippen LogP contribution in [0.1, 0.15) is 58.8 Å². The number of hydrogen-bond acceptors (Lipinski definition) is 3. The van der Waals surface area contributed by atoms with Crippen molar-refractivity contribution in [3.05, 3.63) is 0 Å². The lowest BCUT2D eigenvalue weighted by atomic mass is 9.80. The first kappa shape index (κ1) is 15.8. The standard InChI is InChI=1S/C16H31N3O/c1-3-18(4-2)14-8-11-19(13-14)15(20)12-16(17)9-6-5-7-10-16/h14H,3-13,17H2,1-2H3. The molecule has 4 heteroatoms. The van der Waals surface area contributed by atoms with Crippen molar-refractivity contribution in [1.29, 1.82) is 0 Å². The molecule has 0 aromatic heterocycles. The van der Waals surface area contributed by atoms with E-state index in [0.29, 0.717) is 12.5 Å². The van der Waals surface area contributed by atoms with E-state index in [2.05, 4.69) is 18.7 Å². The molecular weight excluding hydrogens is 250 g/mol. The van der Waals surface area contributed by atoms with Crippen LogP contribution in [0, 0.1) is 0 Å². The van der Waals surface area contributed by atoms with Gasteiger partial charge in [0, 0.05) is 31.1 Å². The maximum Gasteiger partial charge on any atom is 0.224 e. The lowest BCUT2D eigenvalue weighted by Gasteiger charge is -2.34. The fourth-order valence-corrected chi connectivity index (χ4v) is 3.85. The molecule has 1 aliphatic heterocycles. The summed E-state index contributed by atoms with van der Waals surface area (Å²) >= 11 is 0. The summed E-state index contributed by atoms with van der Waals surface area (Å²) in [5.74, 6) is 0.282. The largest absolute Gasteiger partial charge is 0.341 e. The average Bonchev–Trinajstić information content (AvgIpc) is 2.90. The first-order valence-corrected chi connectivity index (χ1v) is 8.38. The Labute approximate surface area is 123 Å². The zero-order chi connectivity index (χ0) is 14.6. The van der Waals surface area contributed by atoms with E-state index in [4.69, 9.17) is 5.73 Å². The van der Waals surface area contributed by atoms with Gasteiger partial charge in [-0.25, -0.2) is 0 Å². The van der Waals surface area contributed by atoms with Crippen molar-refractivity contribution < 1.29 is 4.79 Å². The van der Waals surface area contributed by atoms with Crippen molar-refractivity contribution in [2.45, 2.75) is 70.4 Å². The summed E-state index contributed by atoms with van der Waals surface area (Å²) in [7, 11) is 0. The molecular formula is C16H31N3O. The van der Waals surface area contributed by atoms with E-state index >= 15 is 0 Å². The summed E-state index contributed by atoms with van der Waals surface area (Å²) < 4.78 is 0. The predicted molar refractivity (Wildman–Crippen MR) is 82.5 cm³/mol. The van der Waals surface area contributed by atoms with Gasteiger partial charge in [-0.05, 0) is 32.4 Å². The highest BCUT2D eigenvalue weighted by Gasteiger charge is 2.35. The second-order valence-corrected chi connectivity index (χ2v) is 6.60. The molecule has 1 saturated carbocycles. The van der Waals surface area contributed by atoms with Gasteiger partial charge in [0.15, 0.2) is 0 Å². The molecule has 1 heterocycles. The third-order valence-electron chi connectivity index (χ3n) is 5.20. The molecule has 0 aromatic rings. The van der Waals surface area contributed by atoms with Crippen molar-refractivity contribution in [2.75, 3.05) is 26.2 Å². The van der Waals surface area contributed by atoms with Gasteiger partial charge >= 0.3 is 0 Å². The van der Waals surface area contributed by atoms with Crippen LogP contribution in [-0.2, 0) is 4.79 Å². The van der Waals surface area contributed by atoms with Gasteiger partial charge in [-0.15, -0.1) is 0 Å². The van der Waals surface area contributed by atoms with E-state index in [1.54, 1.807) is 0 Å². The van der Waals surface area contributed by atoms with Gasteiger partial charge in [0.05, 0.1) is 0 Å². The van der Waals surface area contributed by atoms with Gasteiger partial charge in [-0.1, -0.05) is 33.1 Å². The molecule has 0 spiro atoms. The van der Waals surface area contributed by atoms with Crippen LogP contribution in [-0.4, -0.2) is 53.5 Å². The van der Waals surface area contributed by atoms with Crippen molar-refractivity contribution in [1.82, 2.24) is 9.80 Å². The van der Waals surface area contributed by atoms with E-state index in [0.717, 1.165) is 45.4 Å². The van der Waals surface area contributed by atoms with Crippen LogP contribution in [0.25, 0.3) is 0 Å². The molecule has 1 aliphatic carbocycles. The van der Waals surface area contributed by atoms with Gasteiger partial charge in [0.25, 0.3) is 0 Å². The number of amides is 1. The second kappa shape index (κ2) is 6.90. The normalized spacial score (nSPS) is 26.2. The highest BCUT2D eigenvalue weighted by Crippen LogP contribution is 2.30. The Morgan fingerprint density at radius 3 is 2.50 bits per heavy atom. The lowest BCUT2D eigenvalue weighted by molar-refractivity contribution is -0.131. The van der Waals surface area contributed by atoms with Gasteiger partial charge in [0.1, 0.15) is 0 Å². The predicted octanol–water partition coefficient (Wildman–Crippen LogP) is 1.98. The molecule has 0 radical (unpaired) electrons. The number of likely N-dealkylation sites (N-methyl/N-ethyl adjacent to an activating group) is 1. The van der Waals surface area contributed by atoms with E-state index in [1.165, 1.54) is 19.3 Å². The van der Waals surface area contributed by atoms with Crippen molar-refractivity contribution in [3.63, 3.8) is 0 Å². The number of likely N-dealkylation sites (tertiary alicyclic amines) is 1. The Bertz CT molecular complexity index is 322. The summed E-state index contributed by atoms with van der Waals surface area (Å²) in [6, 6.07) is 0.550.